The molecule has 0 amide bonds. The first-order chi connectivity index (χ1) is 11.8. The van der Waals surface area contributed by atoms with Gasteiger partial charge in [-0.15, -0.1) is 0 Å². The molecule has 0 aliphatic heterocycles. The maximum absolute atomic E-state index is 12.4. The molecule has 0 fully saturated rings. The van der Waals surface area contributed by atoms with Crippen LogP contribution in [-0.4, -0.2) is 54.0 Å². The molecule has 0 N–H and O–H groups in total. The number of thioether (sulfide) groups is 1. The van der Waals surface area contributed by atoms with Crippen molar-refractivity contribution in [2.45, 2.75) is 45.8 Å². The minimum absolute atomic E-state index is 0.120. The van der Waals surface area contributed by atoms with E-state index in [0.717, 1.165) is 0 Å². The van der Waals surface area contributed by atoms with Crippen LogP contribution >= 0.6 is 31.6 Å². The van der Waals surface area contributed by atoms with Crippen molar-refractivity contribution in [1.82, 2.24) is 0 Å². The molecule has 0 saturated heterocycles. The molecule has 0 saturated carbocycles. The van der Waals surface area contributed by atoms with Gasteiger partial charge in [-0.25, -0.2) is 0 Å². The molecule has 25 heavy (non-hydrogen) atoms. The van der Waals surface area contributed by atoms with E-state index in [0.29, 0.717) is 17.4 Å². The van der Waals surface area contributed by atoms with Crippen LogP contribution in [0.1, 0.15) is 40.5 Å². The lowest BCUT2D eigenvalue weighted by Gasteiger charge is -2.18. The molecule has 0 aliphatic rings. The first-order valence-corrected chi connectivity index (χ1v) is 11.1. The van der Waals surface area contributed by atoms with Gasteiger partial charge in [0.25, 0.3) is 0 Å². The lowest BCUT2D eigenvalue weighted by atomic mass is 10.2. The first kappa shape index (κ1) is 24.5. The van der Waals surface area contributed by atoms with E-state index in [1.807, 2.05) is 6.92 Å². The van der Waals surface area contributed by atoms with Crippen molar-refractivity contribution >= 4 is 47.7 Å². The second-order valence-corrected chi connectivity index (χ2v) is 8.86. The Labute approximate surface area is 159 Å². The number of Topliss-reactive ketones (excluding diaryl/α,β-unsaturated/α-hetero) is 1. The monoisotopic (exact) mass is 414 g/mol. The van der Waals surface area contributed by atoms with Gasteiger partial charge in [0.15, 0.2) is 0 Å². The van der Waals surface area contributed by atoms with Gasteiger partial charge in [0.1, 0.15) is 18.6 Å². The SMILES string of the molecule is CCOC(=S)SC(CCC(=O)CP(=O)(OCC)OCC)COC(C)=O. The summed E-state index contributed by atoms with van der Waals surface area (Å²) in [5.41, 5.74) is 0. The third kappa shape index (κ3) is 12.5. The van der Waals surface area contributed by atoms with Crippen molar-refractivity contribution in [1.29, 1.82) is 0 Å². The van der Waals surface area contributed by atoms with Crippen molar-refractivity contribution in [2.75, 3.05) is 32.6 Å². The number of carbonyl (C=O) groups excluding carboxylic acids is 2. The van der Waals surface area contributed by atoms with Crippen molar-refractivity contribution < 1.29 is 32.7 Å². The fraction of sp³-hybridized carbons (Fsp3) is 0.800. The largest absolute Gasteiger partial charge is 0.479 e. The quantitative estimate of drug-likeness (QED) is 0.255. The zero-order valence-electron chi connectivity index (χ0n) is 15.1. The van der Waals surface area contributed by atoms with Gasteiger partial charge in [0, 0.05) is 18.6 Å². The molecule has 0 aromatic rings. The van der Waals surface area contributed by atoms with Crippen LogP contribution in [0.25, 0.3) is 0 Å². The highest BCUT2D eigenvalue weighted by Gasteiger charge is 2.28. The van der Waals surface area contributed by atoms with E-state index in [-0.39, 0.29) is 43.4 Å². The average Bonchev–Trinajstić information content (AvgIpc) is 2.50. The Morgan fingerprint density at radius 2 is 1.68 bits per heavy atom. The molecule has 1 atom stereocenters. The van der Waals surface area contributed by atoms with Crippen LogP contribution < -0.4 is 0 Å². The summed E-state index contributed by atoms with van der Waals surface area (Å²) in [6.45, 7) is 7.49. The summed E-state index contributed by atoms with van der Waals surface area (Å²) < 4.78 is 33.2. The lowest BCUT2D eigenvalue weighted by Crippen LogP contribution is -2.19. The van der Waals surface area contributed by atoms with Gasteiger partial charge in [-0.05, 0) is 39.4 Å². The Morgan fingerprint density at radius 1 is 1.08 bits per heavy atom. The number of hydrogen-bond donors (Lipinski definition) is 0. The first-order valence-electron chi connectivity index (χ1n) is 8.12. The van der Waals surface area contributed by atoms with Crippen LogP contribution in [0.5, 0.6) is 0 Å². The summed E-state index contributed by atoms with van der Waals surface area (Å²) in [7, 11) is -3.40. The topological polar surface area (TPSA) is 88.1 Å². The molecule has 0 radical (unpaired) electrons. The Hall–Kier alpha value is -0.470. The van der Waals surface area contributed by atoms with Gasteiger partial charge in [0.05, 0.1) is 19.8 Å². The van der Waals surface area contributed by atoms with E-state index in [2.05, 4.69) is 0 Å². The molecule has 1 unspecified atom stereocenters. The number of rotatable bonds is 13. The third-order valence-corrected chi connectivity index (χ3v) is 6.23. The summed E-state index contributed by atoms with van der Waals surface area (Å²) in [5, 5.41) is -0.217. The molecular formula is C15H27O7PS2. The smallest absolute Gasteiger partial charge is 0.338 e. The van der Waals surface area contributed by atoms with Crippen molar-refractivity contribution in [3.05, 3.63) is 0 Å². The molecule has 0 rings (SSSR count). The molecule has 146 valence electrons. The van der Waals surface area contributed by atoms with Gasteiger partial charge in [-0.1, -0.05) is 11.8 Å². The summed E-state index contributed by atoms with van der Waals surface area (Å²) in [6.07, 6.45) is 0.287. The summed E-state index contributed by atoms with van der Waals surface area (Å²) in [5.74, 6) is -0.641. The fourth-order valence-corrected chi connectivity index (χ4v) is 4.80. The molecular weight excluding hydrogens is 387 g/mol. The van der Waals surface area contributed by atoms with E-state index in [1.165, 1.54) is 18.7 Å². The fourth-order valence-electron chi connectivity index (χ4n) is 1.81. The average molecular weight is 414 g/mol. The van der Waals surface area contributed by atoms with Crippen LogP contribution in [0, 0.1) is 0 Å². The predicted octanol–water partition coefficient (Wildman–Crippen LogP) is 3.59. The van der Waals surface area contributed by atoms with E-state index in [9.17, 15) is 14.2 Å². The Morgan fingerprint density at radius 3 is 2.16 bits per heavy atom. The second kappa shape index (κ2) is 13.7. The Balaban J connectivity index is 4.62. The standard InChI is InChI=1S/C15H27O7PS2/c1-5-19-15(24)25-14(10-20-12(4)16)9-8-13(17)11-23(18,21-6-2)22-7-3/h14H,5-11H2,1-4H3. The van der Waals surface area contributed by atoms with Crippen LogP contribution in [0.3, 0.4) is 0 Å². The summed E-state index contributed by atoms with van der Waals surface area (Å²) in [4.78, 5) is 23.1. The minimum atomic E-state index is -3.40. The van der Waals surface area contributed by atoms with Crippen molar-refractivity contribution in [3.8, 4) is 0 Å². The maximum atomic E-state index is 12.4. The van der Waals surface area contributed by atoms with Gasteiger partial charge >= 0.3 is 13.6 Å². The maximum Gasteiger partial charge on any atom is 0.338 e. The van der Waals surface area contributed by atoms with E-state index < -0.39 is 13.6 Å². The number of carbonyl (C=O) groups is 2. The molecule has 0 aromatic carbocycles. The molecule has 0 spiro atoms. The highest BCUT2D eigenvalue weighted by Crippen LogP contribution is 2.48. The van der Waals surface area contributed by atoms with E-state index in [4.69, 9.17) is 30.7 Å². The molecule has 0 heterocycles. The molecule has 0 aromatic heterocycles. The van der Waals surface area contributed by atoms with E-state index >= 15 is 0 Å². The van der Waals surface area contributed by atoms with Gasteiger partial charge in [-0.2, -0.15) is 0 Å². The zero-order valence-corrected chi connectivity index (χ0v) is 17.7. The molecule has 7 nitrogen and oxygen atoms in total. The number of esters is 1. The summed E-state index contributed by atoms with van der Waals surface area (Å²) in [6, 6.07) is 0. The zero-order chi connectivity index (χ0) is 19.3. The number of ether oxygens (including phenoxy) is 2. The second-order valence-electron chi connectivity index (χ2n) is 4.91. The number of ketones is 1. The third-order valence-electron chi connectivity index (χ3n) is 2.76. The molecule has 0 bridgehead atoms. The molecule has 10 heteroatoms. The van der Waals surface area contributed by atoms with Crippen molar-refractivity contribution in [3.63, 3.8) is 0 Å². The predicted molar refractivity (Wildman–Crippen MR) is 102 cm³/mol. The highest BCUT2D eigenvalue weighted by atomic mass is 32.2. The van der Waals surface area contributed by atoms with Crippen LogP contribution in [0.4, 0.5) is 0 Å². The van der Waals surface area contributed by atoms with Crippen LogP contribution in [0.2, 0.25) is 0 Å². The lowest BCUT2D eigenvalue weighted by molar-refractivity contribution is -0.140. The van der Waals surface area contributed by atoms with E-state index in [1.54, 1.807) is 13.8 Å². The summed E-state index contributed by atoms with van der Waals surface area (Å²) >= 11 is 6.32. The van der Waals surface area contributed by atoms with Crippen molar-refractivity contribution in [2.24, 2.45) is 0 Å². The van der Waals surface area contributed by atoms with Gasteiger partial charge < -0.3 is 18.5 Å². The Kier molecular flexibility index (Phi) is 13.4. The number of hydrogen-bond acceptors (Lipinski definition) is 9. The normalized spacial score (nSPS) is 12.5. The number of thiocarbonyl (C=S) groups is 1. The van der Waals surface area contributed by atoms with Gasteiger partial charge in [0.2, 0.25) is 4.38 Å². The highest BCUT2D eigenvalue weighted by molar-refractivity contribution is 8.23. The molecule has 0 aliphatic carbocycles. The van der Waals surface area contributed by atoms with Crippen LogP contribution in [0.15, 0.2) is 0 Å². The van der Waals surface area contributed by atoms with Crippen LogP contribution in [-0.2, 0) is 32.7 Å². The minimum Gasteiger partial charge on any atom is -0.479 e. The van der Waals surface area contributed by atoms with Gasteiger partial charge in [-0.3, -0.25) is 14.2 Å². The Bertz CT molecular complexity index is 475.